The number of amides is 2. The predicted octanol–water partition coefficient (Wildman–Crippen LogP) is 1.47. The summed E-state index contributed by atoms with van der Waals surface area (Å²) in [5, 5.41) is 21.3. The number of nitriles is 1. The fourth-order valence-corrected chi connectivity index (χ4v) is 2.22. The summed E-state index contributed by atoms with van der Waals surface area (Å²) < 4.78 is 0. The van der Waals surface area contributed by atoms with Crippen LogP contribution in [0.4, 0.5) is 4.79 Å². The molecular formula is C15H19N3O2. The van der Waals surface area contributed by atoms with Crippen LogP contribution in [-0.4, -0.2) is 35.2 Å². The van der Waals surface area contributed by atoms with Crippen LogP contribution in [0.25, 0.3) is 0 Å². The molecule has 5 nitrogen and oxygen atoms in total. The van der Waals surface area contributed by atoms with Gasteiger partial charge in [0, 0.05) is 19.6 Å². The van der Waals surface area contributed by atoms with Gasteiger partial charge in [-0.15, -0.1) is 0 Å². The van der Waals surface area contributed by atoms with Crippen LogP contribution in [0.2, 0.25) is 0 Å². The number of aliphatic hydroxyl groups is 1. The Kier molecular flexibility index (Phi) is 4.59. The third kappa shape index (κ3) is 3.49. The van der Waals surface area contributed by atoms with E-state index in [0.717, 1.165) is 12.0 Å². The summed E-state index contributed by atoms with van der Waals surface area (Å²) in [4.78, 5) is 13.6. The van der Waals surface area contributed by atoms with E-state index < -0.39 is 6.10 Å². The van der Waals surface area contributed by atoms with Crippen LogP contribution in [0, 0.1) is 17.2 Å². The number of urea groups is 1. The number of benzene rings is 1. The van der Waals surface area contributed by atoms with E-state index in [2.05, 4.69) is 11.4 Å². The number of carbonyl (C=O) groups excluding carboxylic acids is 1. The molecular weight excluding hydrogens is 254 g/mol. The molecule has 0 spiro atoms. The highest BCUT2D eigenvalue weighted by atomic mass is 16.3. The van der Waals surface area contributed by atoms with Gasteiger partial charge in [-0.2, -0.15) is 5.26 Å². The molecule has 5 heteroatoms. The van der Waals surface area contributed by atoms with Crippen molar-refractivity contribution in [2.24, 2.45) is 5.92 Å². The van der Waals surface area contributed by atoms with Gasteiger partial charge in [0.2, 0.25) is 0 Å². The summed E-state index contributed by atoms with van der Waals surface area (Å²) in [6.07, 6.45) is 0.384. The SMILES string of the molecule is CC1CCN(C(=O)NCc2ccc(C#N)cc2)CC1O. The minimum atomic E-state index is -0.440. The average Bonchev–Trinajstić information content (AvgIpc) is 2.48. The van der Waals surface area contributed by atoms with Gasteiger partial charge < -0.3 is 15.3 Å². The standard InChI is InChI=1S/C15H19N3O2/c1-11-6-7-18(10-14(11)19)15(20)17-9-13-4-2-12(8-16)3-5-13/h2-5,11,14,19H,6-7,9-10H2,1H3,(H,17,20). The summed E-state index contributed by atoms with van der Waals surface area (Å²) in [6, 6.07) is 9.01. The fraction of sp³-hybridized carbons (Fsp3) is 0.467. The van der Waals surface area contributed by atoms with Crippen molar-refractivity contribution in [2.75, 3.05) is 13.1 Å². The van der Waals surface area contributed by atoms with E-state index in [0.29, 0.717) is 25.2 Å². The normalized spacial score (nSPS) is 22.1. The van der Waals surface area contributed by atoms with Crippen molar-refractivity contribution in [3.63, 3.8) is 0 Å². The quantitative estimate of drug-likeness (QED) is 0.856. The van der Waals surface area contributed by atoms with E-state index in [-0.39, 0.29) is 11.9 Å². The van der Waals surface area contributed by atoms with E-state index in [1.165, 1.54) is 0 Å². The second-order valence-corrected chi connectivity index (χ2v) is 5.25. The van der Waals surface area contributed by atoms with Gasteiger partial charge in [-0.1, -0.05) is 19.1 Å². The third-order valence-electron chi connectivity index (χ3n) is 3.73. The van der Waals surface area contributed by atoms with Crippen LogP contribution >= 0.6 is 0 Å². The van der Waals surface area contributed by atoms with E-state index >= 15 is 0 Å². The minimum Gasteiger partial charge on any atom is -0.391 e. The zero-order valence-corrected chi connectivity index (χ0v) is 11.5. The Balaban J connectivity index is 1.84. The second-order valence-electron chi connectivity index (χ2n) is 5.25. The van der Waals surface area contributed by atoms with Crippen LogP contribution in [-0.2, 0) is 6.54 Å². The maximum absolute atomic E-state index is 12.0. The first-order valence-electron chi connectivity index (χ1n) is 6.80. The summed E-state index contributed by atoms with van der Waals surface area (Å²) in [5.74, 6) is 0.248. The molecule has 2 N–H and O–H groups in total. The Morgan fingerprint density at radius 3 is 2.80 bits per heavy atom. The van der Waals surface area contributed by atoms with E-state index in [1.807, 2.05) is 19.1 Å². The van der Waals surface area contributed by atoms with Gasteiger partial charge >= 0.3 is 6.03 Å². The smallest absolute Gasteiger partial charge is 0.317 e. The van der Waals surface area contributed by atoms with Gasteiger partial charge in [-0.3, -0.25) is 0 Å². The van der Waals surface area contributed by atoms with Gasteiger partial charge in [0.1, 0.15) is 0 Å². The highest BCUT2D eigenvalue weighted by molar-refractivity contribution is 5.74. The molecule has 0 saturated carbocycles. The third-order valence-corrected chi connectivity index (χ3v) is 3.73. The van der Waals surface area contributed by atoms with Gasteiger partial charge in [-0.25, -0.2) is 4.79 Å². The van der Waals surface area contributed by atoms with Crippen molar-refractivity contribution in [3.05, 3.63) is 35.4 Å². The van der Waals surface area contributed by atoms with Crippen LogP contribution in [0.1, 0.15) is 24.5 Å². The zero-order valence-electron chi connectivity index (χ0n) is 11.5. The first kappa shape index (κ1) is 14.4. The lowest BCUT2D eigenvalue weighted by Crippen LogP contribution is -2.49. The summed E-state index contributed by atoms with van der Waals surface area (Å²) in [5.41, 5.74) is 1.55. The zero-order chi connectivity index (χ0) is 14.5. The lowest BCUT2D eigenvalue weighted by molar-refractivity contribution is 0.0435. The van der Waals surface area contributed by atoms with Gasteiger partial charge in [0.15, 0.2) is 0 Å². The number of carbonyl (C=O) groups is 1. The molecule has 0 aliphatic carbocycles. The van der Waals surface area contributed by atoms with Crippen LogP contribution in [0.5, 0.6) is 0 Å². The fourth-order valence-electron chi connectivity index (χ4n) is 2.22. The van der Waals surface area contributed by atoms with Crippen LogP contribution in [0.3, 0.4) is 0 Å². The first-order chi connectivity index (χ1) is 9.60. The van der Waals surface area contributed by atoms with E-state index in [4.69, 9.17) is 5.26 Å². The van der Waals surface area contributed by atoms with Crippen molar-refractivity contribution in [3.8, 4) is 6.07 Å². The molecule has 106 valence electrons. The summed E-state index contributed by atoms with van der Waals surface area (Å²) in [6.45, 7) is 3.49. The number of nitrogens with zero attached hydrogens (tertiary/aromatic N) is 2. The van der Waals surface area contributed by atoms with Crippen molar-refractivity contribution in [2.45, 2.75) is 26.0 Å². The van der Waals surface area contributed by atoms with Gasteiger partial charge in [0.05, 0.1) is 17.7 Å². The predicted molar refractivity (Wildman–Crippen MR) is 74.8 cm³/mol. The number of rotatable bonds is 2. The molecule has 2 amide bonds. The number of piperidine rings is 1. The first-order valence-corrected chi connectivity index (χ1v) is 6.80. The minimum absolute atomic E-state index is 0.152. The number of hydrogen-bond acceptors (Lipinski definition) is 3. The maximum Gasteiger partial charge on any atom is 0.317 e. The maximum atomic E-state index is 12.0. The molecule has 1 aliphatic heterocycles. The molecule has 1 saturated heterocycles. The summed E-state index contributed by atoms with van der Waals surface area (Å²) in [7, 11) is 0. The Labute approximate surface area is 118 Å². The molecule has 0 bridgehead atoms. The average molecular weight is 273 g/mol. The Morgan fingerprint density at radius 2 is 2.20 bits per heavy atom. The van der Waals surface area contributed by atoms with Gasteiger partial charge in [-0.05, 0) is 30.0 Å². The Morgan fingerprint density at radius 1 is 1.50 bits per heavy atom. The lowest BCUT2D eigenvalue weighted by atomic mass is 9.96. The van der Waals surface area contributed by atoms with E-state index in [9.17, 15) is 9.90 Å². The van der Waals surface area contributed by atoms with Gasteiger partial charge in [0.25, 0.3) is 0 Å². The molecule has 1 aromatic carbocycles. The van der Waals surface area contributed by atoms with Crippen molar-refractivity contribution >= 4 is 6.03 Å². The van der Waals surface area contributed by atoms with Crippen LogP contribution in [0.15, 0.2) is 24.3 Å². The molecule has 2 atom stereocenters. The number of likely N-dealkylation sites (tertiary alicyclic amines) is 1. The van der Waals surface area contributed by atoms with Crippen molar-refractivity contribution in [1.82, 2.24) is 10.2 Å². The number of β-amino-alcohol motifs (C(OH)–C–C–N with tert-alkyl or cyclic N) is 1. The number of nitrogens with one attached hydrogen (secondary N) is 1. The molecule has 20 heavy (non-hydrogen) atoms. The lowest BCUT2D eigenvalue weighted by Gasteiger charge is -2.34. The Bertz CT molecular complexity index is 507. The van der Waals surface area contributed by atoms with Crippen molar-refractivity contribution in [1.29, 1.82) is 5.26 Å². The summed E-state index contributed by atoms with van der Waals surface area (Å²) >= 11 is 0. The number of aliphatic hydroxyl groups excluding tert-OH is 1. The molecule has 2 unspecified atom stereocenters. The highest BCUT2D eigenvalue weighted by Crippen LogP contribution is 2.16. The van der Waals surface area contributed by atoms with Crippen molar-refractivity contribution < 1.29 is 9.90 Å². The molecule has 1 fully saturated rings. The monoisotopic (exact) mass is 273 g/mol. The molecule has 1 aromatic rings. The highest BCUT2D eigenvalue weighted by Gasteiger charge is 2.26. The van der Waals surface area contributed by atoms with Crippen LogP contribution < -0.4 is 5.32 Å². The molecule has 1 heterocycles. The Hall–Kier alpha value is -2.06. The number of hydrogen-bond donors (Lipinski definition) is 2. The topological polar surface area (TPSA) is 76.4 Å². The molecule has 0 aromatic heterocycles. The largest absolute Gasteiger partial charge is 0.391 e. The molecule has 0 radical (unpaired) electrons. The molecule has 1 aliphatic rings. The second kappa shape index (κ2) is 6.40. The van der Waals surface area contributed by atoms with E-state index in [1.54, 1.807) is 17.0 Å². The molecule has 2 rings (SSSR count).